The molecule has 0 saturated carbocycles. The van der Waals surface area contributed by atoms with Crippen molar-refractivity contribution in [3.63, 3.8) is 0 Å². The van der Waals surface area contributed by atoms with E-state index in [-0.39, 0.29) is 18.6 Å². The molecule has 2 rings (SSSR count). The molecule has 1 unspecified atom stereocenters. The number of furan rings is 1. The number of ether oxygens (including phenoxy) is 1. The third-order valence-electron chi connectivity index (χ3n) is 2.72. The lowest BCUT2D eigenvalue weighted by molar-refractivity contribution is -0.142. The fourth-order valence-corrected chi connectivity index (χ4v) is 1.88. The number of carbonyl (C=O) groups is 1. The summed E-state index contributed by atoms with van der Waals surface area (Å²) < 4.78 is 10.3. The molecule has 0 aliphatic heterocycles. The molecule has 1 atom stereocenters. The van der Waals surface area contributed by atoms with Crippen molar-refractivity contribution in [1.82, 2.24) is 5.32 Å². The number of hydrogen-bond acceptors (Lipinski definition) is 4. The molecular weight excluding hydrogens is 242 g/mol. The molecule has 0 aliphatic carbocycles. The van der Waals surface area contributed by atoms with Crippen LogP contribution in [-0.4, -0.2) is 19.1 Å². The Labute approximate surface area is 112 Å². The first-order valence-corrected chi connectivity index (χ1v) is 6.28. The Kier molecular flexibility index (Phi) is 4.75. The predicted octanol–water partition coefficient (Wildman–Crippen LogP) is 2.52. The summed E-state index contributed by atoms with van der Waals surface area (Å²) in [4.78, 5) is 11.4. The van der Waals surface area contributed by atoms with Crippen LogP contribution in [0.4, 0.5) is 0 Å². The summed E-state index contributed by atoms with van der Waals surface area (Å²) in [7, 11) is 0. The highest BCUT2D eigenvalue weighted by Crippen LogP contribution is 2.21. The molecule has 0 aliphatic rings. The van der Waals surface area contributed by atoms with Crippen LogP contribution < -0.4 is 5.32 Å². The molecule has 100 valence electrons. The van der Waals surface area contributed by atoms with E-state index in [1.807, 2.05) is 42.5 Å². The fraction of sp³-hybridized carbons (Fsp3) is 0.267. The van der Waals surface area contributed by atoms with Gasteiger partial charge in [-0.25, -0.2) is 0 Å². The molecule has 0 amide bonds. The molecule has 2 aromatic rings. The van der Waals surface area contributed by atoms with Gasteiger partial charge >= 0.3 is 5.97 Å². The van der Waals surface area contributed by atoms with Crippen molar-refractivity contribution < 1.29 is 13.9 Å². The molecule has 1 aromatic carbocycles. The highest BCUT2D eigenvalue weighted by atomic mass is 16.5. The van der Waals surface area contributed by atoms with Crippen LogP contribution in [0.2, 0.25) is 0 Å². The van der Waals surface area contributed by atoms with Crippen molar-refractivity contribution in [3.05, 3.63) is 60.1 Å². The molecule has 0 radical (unpaired) electrons. The summed E-state index contributed by atoms with van der Waals surface area (Å²) in [6.45, 7) is 2.32. The van der Waals surface area contributed by atoms with Gasteiger partial charge in [0.15, 0.2) is 0 Å². The van der Waals surface area contributed by atoms with Crippen molar-refractivity contribution in [2.24, 2.45) is 0 Å². The second-order valence-corrected chi connectivity index (χ2v) is 4.05. The number of carbonyl (C=O) groups excluding carboxylic acids is 1. The molecule has 4 nitrogen and oxygen atoms in total. The van der Waals surface area contributed by atoms with Crippen LogP contribution >= 0.6 is 0 Å². The van der Waals surface area contributed by atoms with E-state index in [0.29, 0.717) is 6.61 Å². The van der Waals surface area contributed by atoms with Gasteiger partial charge in [0.2, 0.25) is 0 Å². The summed E-state index contributed by atoms with van der Waals surface area (Å²) in [5, 5.41) is 3.15. The minimum Gasteiger partial charge on any atom is -0.467 e. The van der Waals surface area contributed by atoms with Crippen LogP contribution in [0.1, 0.15) is 24.3 Å². The predicted molar refractivity (Wildman–Crippen MR) is 71.6 cm³/mol. The normalized spacial score (nSPS) is 12.1. The van der Waals surface area contributed by atoms with Gasteiger partial charge in [-0.2, -0.15) is 0 Å². The van der Waals surface area contributed by atoms with Gasteiger partial charge in [0.1, 0.15) is 5.76 Å². The largest absolute Gasteiger partial charge is 0.467 e. The summed E-state index contributed by atoms with van der Waals surface area (Å²) >= 11 is 0. The van der Waals surface area contributed by atoms with Gasteiger partial charge in [0, 0.05) is 0 Å². The maximum absolute atomic E-state index is 11.4. The van der Waals surface area contributed by atoms with E-state index in [9.17, 15) is 4.79 Å². The molecule has 0 saturated heterocycles. The van der Waals surface area contributed by atoms with Gasteiger partial charge in [-0.3, -0.25) is 10.1 Å². The average Bonchev–Trinajstić information content (AvgIpc) is 2.94. The Morgan fingerprint density at radius 1 is 1.26 bits per heavy atom. The van der Waals surface area contributed by atoms with Crippen LogP contribution in [-0.2, 0) is 9.53 Å². The second-order valence-electron chi connectivity index (χ2n) is 4.05. The van der Waals surface area contributed by atoms with Crippen molar-refractivity contribution in [2.75, 3.05) is 13.2 Å². The third kappa shape index (κ3) is 3.69. The van der Waals surface area contributed by atoms with Crippen LogP contribution in [0.3, 0.4) is 0 Å². The van der Waals surface area contributed by atoms with Gasteiger partial charge in [0.05, 0.1) is 25.5 Å². The molecular formula is C15H17NO3. The third-order valence-corrected chi connectivity index (χ3v) is 2.72. The fourth-order valence-electron chi connectivity index (χ4n) is 1.88. The molecule has 0 fully saturated rings. The van der Waals surface area contributed by atoms with E-state index >= 15 is 0 Å². The minimum atomic E-state index is -0.269. The van der Waals surface area contributed by atoms with Crippen molar-refractivity contribution in [1.29, 1.82) is 0 Å². The minimum absolute atomic E-state index is 0.147. The zero-order chi connectivity index (χ0) is 13.5. The lowest BCUT2D eigenvalue weighted by Gasteiger charge is -2.16. The molecule has 1 N–H and O–H groups in total. The lowest BCUT2D eigenvalue weighted by atomic mass is 10.0. The first kappa shape index (κ1) is 13.4. The molecule has 0 bridgehead atoms. The number of rotatable bonds is 6. The topological polar surface area (TPSA) is 51.5 Å². The summed E-state index contributed by atoms with van der Waals surface area (Å²) in [6.07, 6.45) is 1.62. The maximum atomic E-state index is 11.4. The summed E-state index contributed by atoms with van der Waals surface area (Å²) in [5.41, 5.74) is 1.04. The Hall–Kier alpha value is -2.07. The first-order valence-electron chi connectivity index (χ1n) is 6.28. The quantitative estimate of drug-likeness (QED) is 0.810. The van der Waals surface area contributed by atoms with E-state index in [4.69, 9.17) is 9.15 Å². The Bertz CT molecular complexity index is 493. The van der Waals surface area contributed by atoms with Crippen LogP contribution in [0.25, 0.3) is 0 Å². The molecule has 1 heterocycles. The van der Waals surface area contributed by atoms with E-state index < -0.39 is 0 Å². The van der Waals surface area contributed by atoms with Crippen LogP contribution in [0.5, 0.6) is 0 Å². The van der Waals surface area contributed by atoms with E-state index in [1.54, 1.807) is 13.2 Å². The highest BCUT2D eigenvalue weighted by Gasteiger charge is 2.17. The van der Waals surface area contributed by atoms with E-state index in [2.05, 4.69) is 5.32 Å². The molecule has 0 spiro atoms. The molecule has 4 heteroatoms. The Balaban J connectivity index is 2.10. The summed E-state index contributed by atoms with van der Waals surface area (Å²) in [5.74, 6) is 0.505. The number of esters is 1. The Morgan fingerprint density at radius 3 is 2.68 bits per heavy atom. The zero-order valence-electron chi connectivity index (χ0n) is 10.8. The van der Waals surface area contributed by atoms with Gasteiger partial charge in [-0.05, 0) is 24.6 Å². The van der Waals surface area contributed by atoms with E-state index in [1.165, 1.54) is 0 Å². The molecule has 1 aromatic heterocycles. The number of hydrogen-bond donors (Lipinski definition) is 1. The number of nitrogens with one attached hydrogen (secondary N) is 1. The van der Waals surface area contributed by atoms with Gasteiger partial charge in [-0.15, -0.1) is 0 Å². The molecule has 19 heavy (non-hydrogen) atoms. The van der Waals surface area contributed by atoms with Gasteiger partial charge < -0.3 is 9.15 Å². The van der Waals surface area contributed by atoms with Crippen LogP contribution in [0.15, 0.2) is 53.1 Å². The zero-order valence-corrected chi connectivity index (χ0v) is 10.8. The summed E-state index contributed by atoms with van der Waals surface area (Å²) in [6, 6.07) is 13.4. The first-order chi connectivity index (χ1) is 9.31. The van der Waals surface area contributed by atoms with Crippen molar-refractivity contribution >= 4 is 5.97 Å². The standard InChI is InChI=1S/C15H17NO3/c1-2-18-14(17)11-16-15(13-9-6-10-19-13)12-7-4-3-5-8-12/h3-10,15-16H,2,11H2,1H3. The van der Waals surface area contributed by atoms with Crippen molar-refractivity contribution in [2.45, 2.75) is 13.0 Å². The van der Waals surface area contributed by atoms with Crippen LogP contribution in [0, 0.1) is 0 Å². The Morgan fingerprint density at radius 2 is 2.05 bits per heavy atom. The van der Waals surface area contributed by atoms with Gasteiger partial charge in [0.25, 0.3) is 0 Å². The van der Waals surface area contributed by atoms with Gasteiger partial charge in [-0.1, -0.05) is 30.3 Å². The average molecular weight is 259 g/mol. The smallest absolute Gasteiger partial charge is 0.319 e. The monoisotopic (exact) mass is 259 g/mol. The SMILES string of the molecule is CCOC(=O)CNC(c1ccccc1)c1ccco1. The maximum Gasteiger partial charge on any atom is 0.319 e. The number of benzene rings is 1. The lowest BCUT2D eigenvalue weighted by Crippen LogP contribution is -2.29. The highest BCUT2D eigenvalue weighted by molar-refractivity contribution is 5.71. The van der Waals surface area contributed by atoms with E-state index in [0.717, 1.165) is 11.3 Å². The second kappa shape index (κ2) is 6.75. The van der Waals surface area contributed by atoms with Crippen molar-refractivity contribution in [3.8, 4) is 0 Å².